The predicted molar refractivity (Wildman–Crippen MR) is 76.1 cm³/mol. The molecule has 0 aromatic carbocycles. The molecule has 1 aromatic rings. The van der Waals surface area contributed by atoms with E-state index in [1.807, 2.05) is 6.07 Å². The molecule has 0 radical (unpaired) electrons. The van der Waals surface area contributed by atoms with E-state index in [0.717, 1.165) is 50.5 Å². The highest BCUT2D eigenvalue weighted by Gasteiger charge is 2.20. The molecule has 2 rings (SSSR count). The molecule has 2 heterocycles. The number of rotatable bonds is 4. The molecule has 102 valence electrons. The number of nitrogens with zero attached hydrogens (tertiary/aromatic N) is 5. The molecule has 0 amide bonds. The van der Waals surface area contributed by atoms with Crippen LogP contribution in [0.5, 0.6) is 0 Å². The molecule has 0 saturated carbocycles. The molecule has 1 fully saturated rings. The third kappa shape index (κ3) is 3.34. The van der Waals surface area contributed by atoms with Crippen LogP contribution in [-0.2, 0) is 0 Å². The summed E-state index contributed by atoms with van der Waals surface area (Å²) in [6.45, 7) is 4.97. The maximum atomic E-state index is 8.92. The largest absolute Gasteiger partial charge is 0.360 e. The molecule has 1 aliphatic rings. The van der Waals surface area contributed by atoms with Crippen molar-refractivity contribution in [3.8, 4) is 6.07 Å². The van der Waals surface area contributed by atoms with Gasteiger partial charge in [-0.3, -0.25) is 0 Å². The molecule has 0 atom stereocenters. The third-order valence-corrected chi connectivity index (χ3v) is 3.59. The third-order valence-electron chi connectivity index (χ3n) is 3.59. The lowest BCUT2D eigenvalue weighted by molar-refractivity contribution is 0.485. The second-order valence-corrected chi connectivity index (χ2v) is 5.05. The average molecular weight is 259 g/mol. The SMILES string of the molecule is CCCN(C)c1cc(N2CCC(C#N)CC2)ncn1. The lowest BCUT2D eigenvalue weighted by Crippen LogP contribution is -2.34. The maximum Gasteiger partial charge on any atom is 0.134 e. The Kier molecular flexibility index (Phi) is 4.56. The zero-order chi connectivity index (χ0) is 13.7. The van der Waals surface area contributed by atoms with Crippen molar-refractivity contribution < 1.29 is 0 Å². The predicted octanol–water partition coefficient (Wildman–Crippen LogP) is 2.06. The van der Waals surface area contributed by atoms with Gasteiger partial charge in [0.1, 0.15) is 18.0 Å². The molecule has 0 aliphatic carbocycles. The maximum absolute atomic E-state index is 8.92. The summed E-state index contributed by atoms with van der Waals surface area (Å²) in [5, 5.41) is 8.92. The molecular formula is C14H21N5. The van der Waals surface area contributed by atoms with Crippen LogP contribution in [0.1, 0.15) is 26.2 Å². The fourth-order valence-corrected chi connectivity index (χ4v) is 2.41. The van der Waals surface area contributed by atoms with E-state index in [1.54, 1.807) is 6.33 Å². The van der Waals surface area contributed by atoms with Gasteiger partial charge in [0.15, 0.2) is 0 Å². The minimum Gasteiger partial charge on any atom is -0.360 e. The highest BCUT2D eigenvalue weighted by molar-refractivity contribution is 5.49. The monoisotopic (exact) mass is 259 g/mol. The molecule has 1 saturated heterocycles. The Labute approximate surface area is 114 Å². The summed E-state index contributed by atoms with van der Waals surface area (Å²) in [4.78, 5) is 13.1. The zero-order valence-corrected chi connectivity index (χ0v) is 11.7. The van der Waals surface area contributed by atoms with Gasteiger partial charge in [0.05, 0.1) is 6.07 Å². The van der Waals surface area contributed by atoms with Crippen LogP contribution in [0.25, 0.3) is 0 Å². The normalized spacial score (nSPS) is 16.2. The van der Waals surface area contributed by atoms with Gasteiger partial charge in [-0.25, -0.2) is 9.97 Å². The van der Waals surface area contributed by atoms with Gasteiger partial charge < -0.3 is 9.80 Å². The van der Waals surface area contributed by atoms with Crippen molar-refractivity contribution in [1.29, 1.82) is 5.26 Å². The summed E-state index contributed by atoms with van der Waals surface area (Å²) < 4.78 is 0. The Hall–Kier alpha value is -1.83. The number of nitriles is 1. The second-order valence-electron chi connectivity index (χ2n) is 5.05. The fourth-order valence-electron chi connectivity index (χ4n) is 2.41. The molecule has 5 heteroatoms. The molecule has 0 N–H and O–H groups in total. The molecular weight excluding hydrogens is 238 g/mol. The first-order chi connectivity index (χ1) is 9.24. The Bertz CT molecular complexity index is 445. The molecule has 19 heavy (non-hydrogen) atoms. The molecule has 0 bridgehead atoms. The first kappa shape index (κ1) is 13.6. The van der Waals surface area contributed by atoms with E-state index in [-0.39, 0.29) is 5.92 Å². The van der Waals surface area contributed by atoms with Gasteiger partial charge >= 0.3 is 0 Å². The van der Waals surface area contributed by atoms with Crippen LogP contribution < -0.4 is 9.80 Å². The summed E-state index contributed by atoms with van der Waals surface area (Å²) in [6.07, 6.45) is 4.60. The number of hydrogen-bond acceptors (Lipinski definition) is 5. The number of hydrogen-bond donors (Lipinski definition) is 0. The van der Waals surface area contributed by atoms with Crippen LogP contribution in [0, 0.1) is 17.2 Å². The van der Waals surface area contributed by atoms with Crippen molar-refractivity contribution >= 4 is 11.6 Å². The van der Waals surface area contributed by atoms with Crippen LogP contribution in [0.4, 0.5) is 11.6 Å². The van der Waals surface area contributed by atoms with E-state index in [1.165, 1.54) is 0 Å². The van der Waals surface area contributed by atoms with Crippen LogP contribution in [0.3, 0.4) is 0 Å². The van der Waals surface area contributed by atoms with Crippen LogP contribution in [0.2, 0.25) is 0 Å². The van der Waals surface area contributed by atoms with E-state index < -0.39 is 0 Å². The van der Waals surface area contributed by atoms with Crippen molar-refractivity contribution in [3.05, 3.63) is 12.4 Å². The minimum absolute atomic E-state index is 0.209. The fraction of sp³-hybridized carbons (Fsp3) is 0.643. The molecule has 1 aromatic heterocycles. The van der Waals surface area contributed by atoms with E-state index in [4.69, 9.17) is 5.26 Å². The van der Waals surface area contributed by atoms with Crippen molar-refractivity contribution in [2.24, 2.45) is 5.92 Å². The number of anilines is 2. The van der Waals surface area contributed by atoms with Gasteiger partial charge in [-0.05, 0) is 19.3 Å². The first-order valence-corrected chi connectivity index (χ1v) is 6.92. The smallest absolute Gasteiger partial charge is 0.134 e. The summed E-state index contributed by atoms with van der Waals surface area (Å²) in [5.41, 5.74) is 0. The molecule has 1 aliphatic heterocycles. The summed E-state index contributed by atoms with van der Waals surface area (Å²) in [6, 6.07) is 4.40. The average Bonchev–Trinajstić information content (AvgIpc) is 2.48. The minimum atomic E-state index is 0.209. The van der Waals surface area contributed by atoms with Gasteiger partial charge in [0.25, 0.3) is 0 Å². The van der Waals surface area contributed by atoms with Gasteiger partial charge in [0.2, 0.25) is 0 Å². The first-order valence-electron chi connectivity index (χ1n) is 6.92. The highest BCUT2D eigenvalue weighted by atomic mass is 15.2. The van der Waals surface area contributed by atoms with E-state index in [9.17, 15) is 0 Å². The standard InChI is InChI=1S/C14H21N5/c1-3-6-18(2)13-9-14(17-11-16-13)19-7-4-12(10-15)5-8-19/h9,11-12H,3-8H2,1-2H3. The zero-order valence-electron chi connectivity index (χ0n) is 11.7. The lowest BCUT2D eigenvalue weighted by Gasteiger charge is -2.30. The van der Waals surface area contributed by atoms with Crippen molar-refractivity contribution in [1.82, 2.24) is 9.97 Å². The summed E-state index contributed by atoms with van der Waals surface area (Å²) in [5.74, 6) is 2.15. The summed E-state index contributed by atoms with van der Waals surface area (Å²) in [7, 11) is 2.05. The molecule has 0 spiro atoms. The van der Waals surface area contributed by atoms with Crippen LogP contribution in [0.15, 0.2) is 12.4 Å². The Morgan fingerprint density at radius 1 is 1.42 bits per heavy atom. The Morgan fingerprint density at radius 2 is 2.16 bits per heavy atom. The molecule has 5 nitrogen and oxygen atoms in total. The van der Waals surface area contributed by atoms with Crippen molar-refractivity contribution in [2.75, 3.05) is 36.5 Å². The number of piperidine rings is 1. The Morgan fingerprint density at radius 3 is 2.79 bits per heavy atom. The van der Waals surface area contributed by atoms with Gasteiger partial charge in [-0.2, -0.15) is 5.26 Å². The van der Waals surface area contributed by atoms with Crippen molar-refractivity contribution in [3.63, 3.8) is 0 Å². The van der Waals surface area contributed by atoms with Crippen LogP contribution >= 0.6 is 0 Å². The quantitative estimate of drug-likeness (QED) is 0.828. The number of aromatic nitrogens is 2. The van der Waals surface area contributed by atoms with E-state index in [0.29, 0.717) is 0 Å². The topological polar surface area (TPSA) is 56.0 Å². The lowest BCUT2D eigenvalue weighted by atomic mass is 9.99. The van der Waals surface area contributed by atoms with Gasteiger partial charge in [-0.1, -0.05) is 6.92 Å². The van der Waals surface area contributed by atoms with Gasteiger partial charge in [0, 0.05) is 38.7 Å². The summed E-state index contributed by atoms with van der Waals surface area (Å²) >= 11 is 0. The highest BCUT2D eigenvalue weighted by Crippen LogP contribution is 2.23. The molecule has 0 unspecified atom stereocenters. The van der Waals surface area contributed by atoms with Gasteiger partial charge in [-0.15, -0.1) is 0 Å². The van der Waals surface area contributed by atoms with Crippen LogP contribution in [-0.4, -0.2) is 36.6 Å². The van der Waals surface area contributed by atoms with Crippen molar-refractivity contribution in [2.45, 2.75) is 26.2 Å². The van der Waals surface area contributed by atoms with E-state index in [2.05, 4.69) is 39.8 Å². The Balaban J connectivity index is 2.05. The second kappa shape index (κ2) is 6.37. The van der Waals surface area contributed by atoms with E-state index >= 15 is 0 Å².